The SMILES string of the molecule is Cc1ccc(C(=O)NNC(=O)CSc2cc(C)ccc2C)cc1. The van der Waals surface area contributed by atoms with Crippen LogP contribution in [-0.4, -0.2) is 17.6 Å². The minimum absolute atomic E-state index is 0.239. The largest absolute Gasteiger partial charge is 0.272 e. The van der Waals surface area contributed by atoms with Crippen LogP contribution in [0.25, 0.3) is 0 Å². The second-order valence-electron chi connectivity index (χ2n) is 5.43. The molecule has 0 aliphatic rings. The Bertz CT molecular complexity index is 711. The Labute approximate surface area is 140 Å². The summed E-state index contributed by atoms with van der Waals surface area (Å²) in [5, 5.41) is 0. The Kier molecular flexibility index (Phi) is 5.82. The summed E-state index contributed by atoms with van der Waals surface area (Å²) in [7, 11) is 0. The molecule has 0 bridgehead atoms. The lowest BCUT2D eigenvalue weighted by atomic mass is 10.1. The summed E-state index contributed by atoms with van der Waals surface area (Å²) >= 11 is 1.46. The van der Waals surface area contributed by atoms with Crippen LogP contribution in [0.3, 0.4) is 0 Å². The van der Waals surface area contributed by atoms with Gasteiger partial charge in [0.25, 0.3) is 5.91 Å². The van der Waals surface area contributed by atoms with Gasteiger partial charge in [-0.15, -0.1) is 11.8 Å². The predicted octanol–water partition coefficient (Wildman–Crippen LogP) is 3.17. The first-order chi connectivity index (χ1) is 11.0. The van der Waals surface area contributed by atoms with Gasteiger partial charge in [0.1, 0.15) is 0 Å². The third kappa shape index (κ3) is 5.14. The zero-order chi connectivity index (χ0) is 16.8. The number of aryl methyl sites for hydroxylation is 3. The van der Waals surface area contributed by atoms with Crippen molar-refractivity contribution < 1.29 is 9.59 Å². The van der Waals surface area contributed by atoms with Gasteiger partial charge in [0, 0.05) is 10.5 Å². The Hall–Kier alpha value is -2.27. The summed E-state index contributed by atoms with van der Waals surface area (Å²) < 4.78 is 0. The highest BCUT2D eigenvalue weighted by Gasteiger charge is 2.08. The highest BCUT2D eigenvalue weighted by Crippen LogP contribution is 2.23. The van der Waals surface area contributed by atoms with Crippen molar-refractivity contribution in [2.75, 3.05) is 5.75 Å². The van der Waals surface area contributed by atoms with Crippen LogP contribution >= 0.6 is 11.8 Å². The molecule has 0 aromatic heterocycles. The summed E-state index contributed by atoms with van der Waals surface area (Å²) in [4.78, 5) is 24.8. The van der Waals surface area contributed by atoms with Crippen molar-refractivity contribution in [3.8, 4) is 0 Å². The molecule has 2 amide bonds. The second kappa shape index (κ2) is 7.83. The quantitative estimate of drug-likeness (QED) is 0.669. The topological polar surface area (TPSA) is 58.2 Å². The molecule has 2 aromatic carbocycles. The van der Waals surface area contributed by atoms with Crippen LogP contribution in [0.2, 0.25) is 0 Å². The predicted molar refractivity (Wildman–Crippen MR) is 93.4 cm³/mol. The smallest absolute Gasteiger partial charge is 0.269 e. The molecule has 0 atom stereocenters. The van der Waals surface area contributed by atoms with E-state index in [1.165, 1.54) is 11.8 Å². The molecule has 5 heteroatoms. The molecule has 0 radical (unpaired) electrons. The van der Waals surface area contributed by atoms with Gasteiger partial charge in [-0.25, -0.2) is 0 Å². The van der Waals surface area contributed by atoms with Crippen molar-refractivity contribution in [3.63, 3.8) is 0 Å². The number of hydrogen-bond acceptors (Lipinski definition) is 3. The van der Waals surface area contributed by atoms with E-state index in [1.807, 2.05) is 45.0 Å². The number of hydrazine groups is 1. The third-order valence-corrected chi connectivity index (χ3v) is 4.49. The molecule has 23 heavy (non-hydrogen) atoms. The van der Waals surface area contributed by atoms with Gasteiger partial charge in [-0.2, -0.15) is 0 Å². The van der Waals surface area contributed by atoms with Gasteiger partial charge < -0.3 is 0 Å². The van der Waals surface area contributed by atoms with Gasteiger partial charge in [-0.05, 0) is 44.5 Å². The molecule has 0 aliphatic carbocycles. The first kappa shape index (κ1) is 17.1. The van der Waals surface area contributed by atoms with Crippen LogP contribution in [0.4, 0.5) is 0 Å². The van der Waals surface area contributed by atoms with E-state index >= 15 is 0 Å². The fraction of sp³-hybridized carbons (Fsp3) is 0.222. The zero-order valence-electron chi connectivity index (χ0n) is 13.5. The lowest BCUT2D eigenvalue weighted by Crippen LogP contribution is -2.42. The van der Waals surface area contributed by atoms with Crippen LogP contribution in [0.5, 0.6) is 0 Å². The normalized spacial score (nSPS) is 10.2. The third-order valence-electron chi connectivity index (χ3n) is 3.33. The molecular formula is C18H20N2O2S. The molecule has 0 saturated carbocycles. The lowest BCUT2D eigenvalue weighted by molar-refractivity contribution is -0.119. The molecule has 4 nitrogen and oxygen atoms in total. The van der Waals surface area contributed by atoms with Crippen LogP contribution in [-0.2, 0) is 4.79 Å². The summed E-state index contributed by atoms with van der Waals surface area (Å²) in [6, 6.07) is 13.3. The van der Waals surface area contributed by atoms with Crippen molar-refractivity contribution in [2.45, 2.75) is 25.7 Å². The molecule has 0 saturated heterocycles. The van der Waals surface area contributed by atoms with Crippen LogP contribution in [0.15, 0.2) is 47.4 Å². The minimum Gasteiger partial charge on any atom is -0.272 e. The maximum absolute atomic E-state index is 11.9. The Morgan fingerprint density at radius 1 is 0.913 bits per heavy atom. The second-order valence-corrected chi connectivity index (χ2v) is 6.44. The molecule has 2 rings (SSSR count). The van der Waals surface area contributed by atoms with Gasteiger partial charge in [0.15, 0.2) is 0 Å². The number of benzene rings is 2. The Morgan fingerprint density at radius 2 is 1.57 bits per heavy atom. The standard InChI is InChI=1S/C18H20N2O2S/c1-12-5-8-15(9-6-12)18(22)20-19-17(21)11-23-16-10-13(2)4-7-14(16)3/h4-10H,11H2,1-3H3,(H,19,21)(H,20,22). The van der Waals surface area contributed by atoms with Gasteiger partial charge in [0.2, 0.25) is 5.91 Å². The Balaban J connectivity index is 1.82. The molecule has 0 unspecified atom stereocenters. The van der Waals surface area contributed by atoms with E-state index < -0.39 is 0 Å². The lowest BCUT2D eigenvalue weighted by Gasteiger charge is -2.09. The number of nitrogens with one attached hydrogen (secondary N) is 2. The first-order valence-electron chi connectivity index (χ1n) is 7.31. The van der Waals surface area contributed by atoms with Gasteiger partial charge in [-0.1, -0.05) is 35.4 Å². The number of rotatable bonds is 4. The van der Waals surface area contributed by atoms with Crippen molar-refractivity contribution in [3.05, 3.63) is 64.7 Å². The molecule has 0 heterocycles. The number of carbonyl (C=O) groups excluding carboxylic acids is 2. The minimum atomic E-state index is -0.324. The van der Waals surface area contributed by atoms with Gasteiger partial charge >= 0.3 is 0 Å². The Morgan fingerprint density at radius 3 is 2.26 bits per heavy atom. The number of carbonyl (C=O) groups is 2. The molecule has 0 spiro atoms. The van der Waals surface area contributed by atoms with E-state index in [0.29, 0.717) is 5.56 Å². The number of hydrogen-bond donors (Lipinski definition) is 2. The summed E-state index contributed by atoms with van der Waals surface area (Å²) in [6.45, 7) is 5.98. The maximum atomic E-state index is 11.9. The highest BCUT2D eigenvalue weighted by atomic mass is 32.2. The summed E-state index contributed by atoms with van der Waals surface area (Å²) in [6.07, 6.45) is 0. The maximum Gasteiger partial charge on any atom is 0.269 e. The van der Waals surface area contributed by atoms with Crippen LogP contribution in [0, 0.1) is 20.8 Å². The van der Waals surface area contributed by atoms with Crippen LogP contribution < -0.4 is 10.9 Å². The van der Waals surface area contributed by atoms with E-state index in [0.717, 1.165) is 21.6 Å². The van der Waals surface area contributed by atoms with Gasteiger partial charge in [0.05, 0.1) is 5.75 Å². The van der Waals surface area contributed by atoms with Crippen molar-refractivity contribution in [1.82, 2.24) is 10.9 Å². The summed E-state index contributed by atoms with van der Waals surface area (Å²) in [5.74, 6) is -0.315. The molecule has 0 fully saturated rings. The fourth-order valence-corrected chi connectivity index (χ4v) is 2.87. The average molecular weight is 328 g/mol. The van der Waals surface area contributed by atoms with Gasteiger partial charge in [-0.3, -0.25) is 20.4 Å². The van der Waals surface area contributed by atoms with E-state index in [-0.39, 0.29) is 17.6 Å². The molecule has 120 valence electrons. The fourth-order valence-electron chi connectivity index (χ4n) is 1.95. The van der Waals surface area contributed by atoms with Crippen molar-refractivity contribution in [1.29, 1.82) is 0 Å². The summed E-state index contributed by atoms with van der Waals surface area (Å²) in [5.41, 5.74) is 8.76. The first-order valence-corrected chi connectivity index (χ1v) is 8.30. The highest BCUT2D eigenvalue weighted by molar-refractivity contribution is 8.00. The van der Waals surface area contributed by atoms with Crippen LogP contribution in [0.1, 0.15) is 27.0 Å². The monoisotopic (exact) mass is 328 g/mol. The van der Waals surface area contributed by atoms with E-state index in [1.54, 1.807) is 12.1 Å². The molecule has 2 aromatic rings. The number of thioether (sulfide) groups is 1. The number of amides is 2. The molecule has 2 N–H and O–H groups in total. The molecular weight excluding hydrogens is 308 g/mol. The van der Waals surface area contributed by atoms with Crippen molar-refractivity contribution in [2.24, 2.45) is 0 Å². The average Bonchev–Trinajstić information content (AvgIpc) is 2.54. The zero-order valence-corrected chi connectivity index (χ0v) is 14.3. The van der Waals surface area contributed by atoms with E-state index in [9.17, 15) is 9.59 Å². The molecule has 0 aliphatic heterocycles. The van der Waals surface area contributed by atoms with E-state index in [4.69, 9.17) is 0 Å². The van der Waals surface area contributed by atoms with Crippen molar-refractivity contribution >= 4 is 23.6 Å². The van der Waals surface area contributed by atoms with E-state index in [2.05, 4.69) is 16.9 Å².